The average Bonchev–Trinajstić information content (AvgIpc) is 2.04. The second-order valence-corrected chi connectivity index (χ2v) is 1.44. The maximum atomic E-state index is 10.3. The average molecular weight is 159 g/mol. The van der Waals surface area contributed by atoms with E-state index in [9.17, 15) is 5.21 Å². The van der Waals surface area contributed by atoms with Gasteiger partial charge in [0.2, 0.25) is 0 Å². The summed E-state index contributed by atoms with van der Waals surface area (Å²) >= 11 is 0. The molecule has 0 aliphatic rings. The van der Waals surface area contributed by atoms with Crippen LogP contribution in [0.25, 0.3) is 0 Å². The Morgan fingerprint density at radius 2 is 2.55 bits per heavy atom. The Morgan fingerprint density at radius 1 is 1.82 bits per heavy atom. The first-order valence-electron chi connectivity index (χ1n) is 2.91. The van der Waals surface area contributed by atoms with E-state index < -0.39 is 0 Å². The zero-order valence-corrected chi connectivity index (χ0v) is 6.28. The van der Waals surface area contributed by atoms with Crippen LogP contribution in [0.15, 0.2) is 17.8 Å². The molecule has 0 aromatic heterocycles. The van der Waals surface area contributed by atoms with Crippen molar-refractivity contribution in [2.24, 2.45) is 4.99 Å². The fourth-order valence-corrected chi connectivity index (χ4v) is 0.314. The Hall–Kier alpha value is -0.950. The van der Waals surface area contributed by atoms with Crippen LogP contribution in [0, 0.1) is 5.21 Å². The lowest BCUT2D eigenvalue weighted by atomic mass is 11.0. The van der Waals surface area contributed by atoms with Crippen molar-refractivity contribution in [3.05, 3.63) is 18.0 Å². The summed E-state index contributed by atoms with van der Waals surface area (Å²) in [4.78, 5) is 7.92. The fourth-order valence-electron chi connectivity index (χ4n) is 0.314. The van der Waals surface area contributed by atoms with Gasteiger partial charge < -0.3 is 10.5 Å². The molecule has 64 valence electrons. The smallest absolute Gasteiger partial charge is 0.104 e. The maximum absolute atomic E-state index is 10.3. The van der Waals surface area contributed by atoms with E-state index in [0.717, 1.165) is 0 Å². The molecule has 2 N–H and O–H groups in total. The Kier molecular flexibility index (Phi) is 6.54. The van der Waals surface area contributed by atoms with Gasteiger partial charge in [-0.15, -0.1) is 0 Å². The summed E-state index contributed by atoms with van der Waals surface area (Å²) in [5.74, 6) is 0. The summed E-state index contributed by atoms with van der Waals surface area (Å²) in [6, 6.07) is 0. The van der Waals surface area contributed by atoms with Crippen LogP contribution in [0.4, 0.5) is 0 Å². The van der Waals surface area contributed by atoms with Gasteiger partial charge in [-0.05, 0) is 6.20 Å². The number of hydrazine groups is 1. The highest BCUT2D eigenvalue weighted by Crippen LogP contribution is 1.73. The normalized spacial score (nSPS) is 10.8. The first-order chi connectivity index (χ1) is 5.31. The minimum atomic E-state index is 0.151. The largest absolute Gasteiger partial charge is 0.748 e. The number of nitrogens with one attached hydrogen (secondary N) is 2. The van der Waals surface area contributed by atoms with Gasteiger partial charge in [0.1, 0.15) is 6.67 Å². The number of hydrogen-bond acceptors (Lipinski definition) is 5. The van der Waals surface area contributed by atoms with Gasteiger partial charge in [-0.25, -0.2) is 5.43 Å². The third kappa shape index (κ3) is 6.94. The second kappa shape index (κ2) is 7.16. The third-order valence-electron chi connectivity index (χ3n) is 0.741. The molecule has 0 radical (unpaired) electrons. The molecular formula is C5H11N4O2-. The van der Waals surface area contributed by atoms with E-state index in [1.54, 1.807) is 0 Å². The predicted molar refractivity (Wildman–Crippen MR) is 42.0 cm³/mol. The van der Waals surface area contributed by atoms with E-state index in [1.165, 1.54) is 19.6 Å². The lowest BCUT2D eigenvalue weighted by molar-refractivity contribution is -0.128. The molecule has 0 spiro atoms. The van der Waals surface area contributed by atoms with Crippen molar-refractivity contribution >= 4 is 6.34 Å². The molecule has 0 aromatic carbocycles. The van der Waals surface area contributed by atoms with Gasteiger partial charge in [0.25, 0.3) is 0 Å². The Morgan fingerprint density at radius 3 is 3.09 bits per heavy atom. The molecule has 0 atom stereocenters. The zero-order valence-electron chi connectivity index (χ0n) is 6.28. The van der Waals surface area contributed by atoms with Crippen LogP contribution in [-0.2, 0) is 4.84 Å². The third-order valence-corrected chi connectivity index (χ3v) is 0.741. The standard InChI is InChI=1S/C5H11N4O2/c1-3-6-4-7-5-8-9(10)11-2/h3-4,8H,1,5H2,2H3,(H,6,7)/q-1. The molecule has 0 saturated carbocycles. The molecule has 0 rings (SSSR count). The summed E-state index contributed by atoms with van der Waals surface area (Å²) in [7, 11) is 1.26. The van der Waals surface area contributed by atoms with Gasteiger partial charge in [-0.3, -0.25) is 9.83 Å². The zero-order chi connectivity index (χ0) is 8.53. The van der Waals surface area contributed by atoms with Crippen molar-refractivity contribution in [1.29, 1.82) is 0 Å². The Labute approximate surface area is 65.1 Å². The van der Waals surface area contributed by atoms with Crippen molar-refractivity contribution in [3.63, 3.8) is 0 Å². The molecule has 0 bridgehead atoms. The second-order valence-electron chi connectivity index (χ2n) is 1.44. The maximum Gasteiger partial charge on any atom is 0.104 e. The molecule has 6 nitrogen and oxygen atoms in total. The molecule has 0 saturated heterocycles. The molecule has 6 heteroatoms. The number of aliphatic imine (C=N–C) groups is 1. The molecule has 0 heterocycles. The first kappa shape index (κ1) is 10.0. The van der Waals surface area contributed by atoms with Gasteiger partial charge in [0.15, 0.2) is 0 Å². The summed E-state index contributed by atoms with van der Waals surface area (Å²) in [5, 5.41) is 13.1. The molecule has 11 heavy (non-hydrogen) atoms. The van der Waals surface area contributed by atoms with E-state index in [2.05, 4.69) is 27.2 Å². The van der Waals surface area contributed by atoms with Gasteiger partial charge in [-0.1, -0.05) is 6.58 Å². The molecular weight excluding hydrogens is 148 g/mol. The molecule has 0 fully saturated rings. The van der Waals surface area contributed by atoms with Crippen LogP contribution in [0.1, 0.15) is 0 Å². The lowest BCUT2D eigenvalue weighted by Gasteiger charge is -2.23. The highest BCUT2D eigenvalue weighted by Gasteiger charge is 1.80. The molecule has 0 aromatic rings. The van der Waals surface area contributed by atoms with Gasteiger partial charge in [0.05, 0.1) is 13.4 Å². The highest BCUT2D eigenvalue weighted by molar-refractivity contribution is 5.55. The van der Waals surface area contributed by atoms with Crippen molar-refractivity contribution < 1.29 is 4.84 Å². The predicted octanol–water partition coefficient (Wildman–Crippen LogP) is -0.429. The Bertz CT molecular complexity index is 128. The summed E-state index contributed by atoms with van der Waals surface area (Å²) < 4.78 is 0. The van der Waals surface area contributed by atoms with Crippen molar-refractivity contribution in [2.45, 2.75) is 0 Å². The molecule has 0 aliphatic carbocycles. The monoisotopic (exact) mass is 159 g/mol. The van der Waals surface area contributed by atoms with Gasteiger partial charge in [-0.2, -0.15) is 5.34 Å². The van der Waals surface area contributed by atoms with E-state index in [0.29, 0.717) is 0 Å². The number of nitrogens with zero attached hydrogens (tertiary/aromatic N) is 2. The summed E-state index contributed by atoms with van der Waals surface area (Å²) in [5.41, 5.74) is 2.27. The van der Waals surface area contributed by atoms with Gasteiger partial charge in [0, 0.05) is 0 Å². The highest BCUT2D eigenvalue weighted by atomic mass is 16.9. The van der Waals surface area contributed by atoms with Crippen LogP contribution in [0.3, 0.4) is 0 Å². The quantitative estimate of drug-likeness (QED) is 0.312. The minimum absolute atomic E-state index is 0.151. The van der Waals surface area contributed by atoms with E-state index in [-0.39, 0.29) is 12.0 Å². The molecule has 0 amide bonds. The van der Waals surface area contributed by atoms with E-state index in [1.807, 2.05) is 0 Å². The van der Waals surface area contributed by atoms with Crippen LogP contribution in [-0.4, -0.2) is 25.5 Å². The van der Waals surface area contributed by atoms with E-state index >= 15 is 0 Å². The number of rotatable bonds is 6. The fraction of sp³-hybridized carbons (Fsp3) is 0.400. The first-order valence-corrected chi connectivity index (χ1v) is 2.91. The van der Waals surface area contributed by atoms with Crippen LogP contribution in [0.5, 0.6) is 0 Å². The number of hydrogen-bond donors (Lipinski definition) is 2. The van der Waals surface area contributed by atoms with Crippen LogP contribution in [0.2, 0.25) is 0 Å². The van der Waals surface area contributed by atoms with Crippen molar-refractivity contribution in [1.82, 2.24) is 16.1 Å². The van der Waals surface area contributed by atoms with Crippen LogP contribution < -0.4 is 10.7 Å². The topological polar surface area (TPSA) is 72.0 Å². The Balaban J connectivity index is 3.18. The van der Waals surface area contributed by atoms with Crippen molar-refractivity contribution in [3.8, 4) is 0 Å². The molecule has 0 aliphatic heterocycles. The lowest BCUT2D eigenvalue weighted by Crippen LogP contribution is -2.31. The summed E-state index contributed by atoms with van der Waals surface area (Å²) in [6.07, 6.45) is 2.87. The SMILES string of the molecule is C=CNC=NCNN([O-])OC. The summed E-state index contributed by atoms with van der Waals surface area (Å²) in [6.45, 7) is 3.54. The minimum Gasteiger partial charge on any atom is -0.748 e. The molecule has 0 unspecified atom stereocenters. The van der Waals surface area contributed by atoms with Gasteiger partial charge >= 0.3 is 0 Å². The van der Waals surface area contributed by atoms with Crippen molar-refractivity contribution in [2.75, 3.05) is 13.8 Å². The van der Waals surface area contributed by atoms with E-state index in [4.69, 9.17) is 0 Å². The van der Waals surface area contributed by atoms with Crippen LogP contribution >= 0.6 is 0 Å².